The van der Waals surface area contributed by atoms with Crippen molar-refractivity contribution in [2.75, 3.05) is 0 Å². The van der Waals surface area contributed by atoms with Gasteiger partial charge in [-0.1, -0.05) is 0 Å². The molecule has 0 atom stereocenters. The first-order chi connectivity index (χ1) is 4.04. The van der Waals surface area contributed by atoms with Gasteiger partial charge in [-0.05, 0) is 0 Å². The third kappa shape index (κ3) is 5.74. The first kappa shape index (κ1) is 12.3. The van der Waals surface area contributed by atoms with Crippen molar-refractivity contribution in [2.24, 2.45) is 0 Å². The predicted molar refractivity (Wildman–Crippen MR) is 34.8 cm³/mol. The van der Waals surface area contributed by atoms with Gasteiger partial charge in [-0.3, -0.25) is 10.2 Å². The van der Waals surface area contributed by atoms with E-state index in [4.69, 9.17) is 15.6 Å². The van der Waals surface area contributed by atoms with Crippen LogP contribution in [-0.2, 0) is 9.59 Å². The second kappa shape index (κ2) is 5.40. The second-order valence-corrected chi connectivity index (χ2v) is 1.35. The zero-order chi connectivity index (χ0) is 7.44. The molecule has 52 valence electrons. The molecule has 6 heteroatoms. The average Bonchev–Trinajstić information content (AvgIpc) is 1.63. The number of carbonyl (C=O) groups is 2. The van der Waals surface area contributed by atoms with Crippen molar-refractivity contribution >= 4 is 47.2 Å². The molecule has 0 bridgehead atoms. The molecule has 0 fully saturated rings. The molecule has 5 nitrogen and oxygen atoms in total. The van der Waals surface area contributed by atoms with Crippen LogP contribution in [0.25, 0.3) is 0 Å². The van der Waals surface area contributed by atoms with Gasteiger partial charge in [-0.15, -0.1) is 0 Å². The van der Waals surface area contributed by atoms with Crippen LogP contribution in [0.1, 0.15) is 6.42 Å². The molecule has 0 radical (unpaired) electrons. The summed E-state index contributed by atoms with van der Waals surface area (Å²) in [7, 11) is 0. The topological polar surface area (TPSA) is 98.5 Å². The SMILES string of the molecule is N=C(CC(=O)O)C(=O)O.[NaH]. The van der Waals surface area contributed by atoms with Crippen molar-refractivity contribution in [3.63, 3.8) is 0 Å². The molecule has 0 aromatic rings. The van der Waals surface area contributed by atoms with Gasteiger partial charge in [-0.25, -0.2) is 4.79 Å². The number of nitrogens with one attached hydrogen (secondary N) is 1. The fraction of sp³-hybridized carbons (Fsp3) is 0.250. The summed E-state index contributed by atoms with van der Waals surface area (Å²) >= 11 is 0. The van der Waals surface area contributed by atoms with Crippen molar-refractivity contribution in [3.05, 3.63) is 0 Å². The number of rotatable bonds is 3. The standard InChI is InChI=1S/C4H5NO4.Na.H/c5-2(4(8)9)1-3(6)7;;/h5H,1H2,(H,6,7)(H,8,9);;. The minimum atomic E-state index is -1.49. The van der Waals surface area contributed by atoms with Gasteiger partial charge in [0, 0.05) is 0 Å². The molecule has 0 saturated carbocycles. The molecular formula is C4H6NNaO4. The van der Waals surface area contributed by atoms with Crippen LogP contribution < -0.4 is 0 Å². The summed E-state index contributed by atoms with van der Waals surface area (Å²) in [6.45, 7) is 0. The molecule has 0 unspecified atom stereocenters. The number of carboxylic acids is 2. The molecule has 0 heterocycles. The third-order valence-electron chi connectivity index (χ3n) is 0.586. The van der Waals surface area contributed by atoms with Gasteiger partial charge in [0.2, 0.25) is 0 Å². The number of carboxylic acid groups (broad SMARTS) is 2. The van der Waals surface area contributed by atoms with Crippen molar-refractivity contribution in [3.8, 4) is 0 Å². The van der Waals surface area contributed by atoms with E-state index in [2.05, 4.69) is 0 Å². The van der Waals surface area contributed by atoms with Crippen LogP contribution in [-0.4, -0.2) is 57.4 Å². The quantitative estimate of drug-likeness (QED) is 0.356. The van der Waals surface area contributed by atoms with E-state index in [-0.39, 0.29) is 29.6 Å². The predicted octanol–water partition coefficient (Wildman–Crippen LogP) is -1.08. The maximum absolute atomic E-state index is 9.75. The van der Waals surface area contributed by atoms with Gasteiger partial charge in [0.25, 0.3) is 0 Å². The fourth-order valence-corrected chi connectivity index (χ4v) is 0.227. The van der Waals surface area contributed by atoms with Crippen molar-refractivity contribution in [1.29, 1.82) is 5.41 Å². The summed E-state index contributed by atoms with van der Waals surface area (Å²) in [5, 5.41) is 22.4. The molecule has 0 amide bonds. The van der Waals surface area contributed by atoms with Gasteiger partial charge < -0.3 is 10.2 Å². The zero-order valence-electron chi connectivity index (χ0n) is 4.42. The Kier molecular flexibility index (Phi) is 6.64. The number of hydrogen-bond donors (Lipinski definition) is 3. The molecule has 0 aromatic heterocycles. The van der Waals surface area contributed by atoms with Crippen molar-refractivity contribution < 1.29 is 19.8 Å². The normalized spacial score (nSPS) is 7.60. The Labute approximate surface area is 78.8 Å². The summed E-state index contributed by atoms with van der Waals surface area (Å²) < 4.78 is 0. The van der Waals surface area contributed by atoms with Crippen molar-refractivity contribution in [2.45, 2.75) is 6.42 Å². The van der Waals surface area contributed by atoms with Crippen LogP contribution in [0.15, 0.2) is 0 Å². The van der Waals surface area contributed by atoms with Gasteiger partial charge in [0.15, 0.2) is 0 Å². The Balaban J connectivity index is 0. The second-order valence-electron chi connectivity index (χ2n) is 1.35. The molecule has 0 rings (SSSR count). The average molecular weight is 155 g/mol. The van der Waals surface area contributed by atoms with E-state index in [1.807, 2.05) is 0 Å². The van der Waals surface area contributed by atoms with E-state index in [0.717, 1.165) is 0 Å². The zero-order valence-corrected chi connectivity index (χ0v) is 4.42. The fourth-order valence-electron chi connectivity index (χ4n) is 0.227. The first-order valence-electron chi connectivity index (χ1n) is 2.06. The summed E-state index contributed by atoms with van der Waals surface area (Å²) in [5.41, 5.74) is -0.803. The molecule has 0 aliphatic carbocycles. The monoisotopic (exact) mass is 155 g/mol. The van der Waals surface area contributed by atoms with Gasteiger partial charge >= 0.3 is 41.5 Å². The van der Waals surface area contributed by atoms with Gasteiger partial charge in [-0.2, -0.15) is 0 Å². The van der Waals surface area contributed by atoms with E-state index in [0.29, 0.717) is 0 Å². The summed E-state index contributed by atoms with van der Waals surface area (Å²) in [6, 6.07) is 0. The molecule has 0 aliphatic heterocycles. The van der Waals surface area contributed by atoms with E-state index < -0.39 is 24.1 Å². The third-order valence-corrected chi connectivity index (χ3v) is 0.586. The minimum absolute atomic E-state index is 0. The van der Waals surface area contributed by atoms with Crippen LogP contribution >= 0.6 is 0 Å². The van der Waals surface area contributed by atoms with E-state index >= 15 is 0 Å². The summed E-state index contributed by atoms with van der Waals surface area (Å²) in [4.78, 5) is 19.5. The molecule has 0 saturated heterocycles. The van der Waals surface area contributed by atoms with Crippen LogP contribution in [0.2, 0.25) is 0 Å². The van der Waals surface area contributed by atoms with E-state index in [1.54, 1.807) is 0 Å². The van der Waals surface area contributed by atoms with Crippen LogP contribution in [0.5, 0.6) is 0 Å². The van der Waals surface area contributed by atoms with E-state index in [1.165, 1.54) is 0 Å². The summed E-state index contributed by atoms with van der Waals surface area (Å²) in [6.07, 6.45) is -0.727. The molecular weight excluding hydrogens is 149 g/mol. The first-order valence-corrected chi connectivity index (χ1v) is 2.06. The Morgan fingerprint density at radius 1 is 1.30 bits per heavy atom. The number of hydrogen-bond acceptors (Lipinski definition) is 3. The molecule has 10 heavy (non-hydrogen) atoms. The maximum atomic E-state index is 9.75. The van der Waals surface area contributed by atoms with Crippen LogP contribution in [0.3, 0.4) is 0 Å². The van der Waals surface area contributed by atoms with Crippen LogP contribution in [0.4, 0.5) is 0 Å². The number of aliphatic carboxylic acids is 2. The van der Waals surface area contributed by atoms with Gasteiger partial charge in [0.05, 0.1) is 6.42 Å². The van der Waals surface area contributed by atoms with E-state index in [9.17, 15) is 9.59 Å². The van der Waals surface area contributed by atoms with Crippen LogP contribution in [0, 0.1) is 5.41 Å². The molecule has 3 N–H and O–H groups in total. The Hall–Kier alpha value is -0.390. The Bertz CT molecular complexity index is 167. The molecule has 0 aliphatic rings. The van der Waals surface area contributed by atoms with Gasteiger partial charge in [0.1, 0.15) is 5.71 Å². The Morgan fingerprint density at radius 2 is 1.70 bits per heavy atom. The Morgan fingerprint density at radius 3 is 1.80 bits per heavy atom. The summed E-state index contributed by atoms with van der Waals surface area (Å²) in [5.74, 6) is -2.79. The van der Waals surface area contributed by atoms with Crippen molar-refractivity contribution in [1.82, 2.24) is 0 Å². The molecule has 0 spiro atoms. The molecule has 0 aromatic carbocycles.